The Morgan fingerprint density at radius 3 is 2.22 bits per heavy atom. The first-order valence-corrected chi connectivity index (χ1v) is 6.85. The van der Waals surface area contributed by atoms with E-state index >= 15 is 0 Å². The lowest BCUT2D eigenvalue weighted by atomic mass is 9.95. The molecular weight excluding hydrogens is 304 g/mol. The van der Waals surface area contributed by atoms with Crippen molar-refractivity contribution >= 4 is 5.78 Å². The van der Waals surface area contributed by atoms with Crippen LogP contribution < -0.4 is 0 Å². The summed E-state index contributed by atoms with van der Waals surface area (Å²) in [5, 5.41) is 57.6. The van der Waals surface area contributed by atoms with Crippen LogP contribution in [0.5, 0.6) is 34.5 Å². The molecule has 0 saturated heterocycles. The van der Waals surface area contributed by atoms with Crippen molar-refractivity contribution in [2.24, 2.45) is 5.92 Å². The van der Waals surface area contributed by atoms with E-state index in [0.717, 1.165) is 6.07 Å². The van der Waals surface area contributed by atoms with Gasteiger partial charge in [-0.3, -0.25) is 4.79 Å². The number of benzene rings is 2. The Morgan fingerprint density at radius 2 is 1.52 bits per heavy atom. The molecule has 0 saturated carbocycles. The van der Waals surface area contributed by atoms with Crippen molar-refractivity contribution in [3.63, 3.8) is 0 Å². The topological polar surface area (TPSA) is 138 Å². The minimum atomic E-state index is -0.678. The van der Waals surface area contributed by atoms with E-state index in [1.165, 1.54) is 12.1 Å². The van der Waals surface area contributed by atoms with Gasteiger partial charge in [0.15, 0.2) is 28.8 Å². The van der Waals surface area contributed by atoms with Crippen molar-refractivity contribution in [2.75, 3.05) is 0 Å². The Kier molecular flexibility index (Phi) is 3.21. The summed E-state index contributed by atoms with van der Waals surface area (Å²) in [6.45, 7) is 0. The number of hydrogen-bond donors (Lipinski definition) is 6. The molecule has 0 spiro atoms. The van der Waals surface area contributed by atoms with Crippen LogP contribution in [0, 0.1) is 5.92 Å². The Labute approximate surface area is 130 Å². The molecule has 0 aliphatic heterocycles. The second kappa shape index (κ2) is 4.98. The zero-order valence-corrected chi connectivity index (χ0v) is 11.8. The molecule has 120 valence electrons. The molecule has 1 aliphatic carbocycles. The summed E-state index contributed by atoms with van der Waals surface area (Å²) in [5.74, 6) is -4.42. The third-order valence-corrected chi connectivity index (χ3v) is 4.13. The lowest BCUT2D eigenvalue weighted by Crippen LogP contribution is -2.12. The maximum absolute atomic E-state index is 12.4. The van der Waals surface area contributed by atoms with Crippen LogP contribution >= 0.6 is 0 Å². The van der Waals surface area contributed by atoms with Gasteiger partial charge < -0.3 is 30.6 Å². The zero-order chi connectivity index (χ0) is 16.9. The van der Waals surface area contributed by atoms with Crippen LogP contribution in [-0.4, -0.2) is 36.4 Å². The number of aromatic hydroxyl groups is 6. The van der Waals surface area contributed by atoms with Crippen molar-refractivity contribution in [2.45, 2.75) is 12.8 Å². The van der Waals surface area contributed by atoms with Crippen molar-refractivity contribution < 1.29 is 35.4 Å². The second-order valence-electron chi connectivity index (χ2n) is 5.53. The molecule has 1 atom stereocenters. The maximum atomic E-state index is 12.4. The van der Waals surface area contributed by atoms with E-state index in [2.05, 4.69) is 0 Å². The highest BCUT2D eigenvalue weighted by Crippen LogP contribution is 2.46. The zero-order valence-electron chi connectivity index (χ0n) is 11.8. The van der Waals surface area contributed by atoms with Gasteiger partial charge in [-0.15, -0.1) is 0 Å². The smallest absolute Gasteiger partial charge is 0.200 e. The van der Waals surface area contributed by atoms with Crippen molar-refractivity contribution in [1.29, 1.82) is 0 Å². The van der Waals surface area contributed by atoms with E-state index in [0.29, 0.717) is 0 Å². The van der Waals surface area contributed by atoms with E-state index < -0.39 is 40.4 Å². The molecule has 1 aliphatic rings. The summed E-state index contributed by atoms with van der Waals surface area (Å²) in [6.07, 6.45) is 0.184. The van der Waals surface area contributed by atoms with Gasteiger partial charge in [0.1, 0.15) is 0 Å². The van der Waals surface area contributed by atoms with Crippen LogP contribution in [0.1, 0.15) is 21.5 Å². The van der Waals surface area contributed by atoms with Gasteiger partial charge in [0.05, 0.1) is 0 Å². The number of Topliss-reactive ketones (excluding diaryl/α,β-unsaturated/α-hetero) is 1. The molecule has 7 nitrogen and oxygen atoms in total. The molecule has 6 N–H and O–H groups in total. The predicted octanol–water partition coefficient (Wildman–Crippen LogP) is 1.52. The van der Waals surface area contributed by atoms with Crippen LogP contribution in [-0.2, 0) is 12.8 Å². The molecule has 0 bridgehead atoms. The summed E-state index contributed by atoms with van der Waals surface area (Å²) in [6, 6.07) is 3.68. The fraction of sp³-hybridized carbons (Fsp3) is 0.188. The van der Waals surface area contributed by atoms with E-state index in [-0.39, 0.29) is 35.3 Å². The van der Waals surface area contributed by atoms with Crippen LogP contribution in [0.4, 0.5) is 0 Å². The number of phenolic OH excluding ortho intramolecular Hbond substituents is 6. The lowest BCUT2D eigenvalue weighted by Gasteiger charge is -2.11. The average molecular weight is 318 g/mol. The van der Waals surface area contributed by atoms with Gasteiger partial charge in [0.2, 0.25) is 11.5 Å². The largest absolute Gasteiger partial charge is 0.504 e. The number of fused-ring (bicyclic) bond motifs is 1. The van der Waals surface area contributed by atoms with Gasteiger partial charge in [0.25, 0.3) is 0 Å². The number of carbonyl (C=O) groups is 1. The van der Waals surface area contributed by atoms with Crippen LogP contribution in [0.25, 0.3) is 0 Å². The highest BCUT2D eigenvalue weighted by Gasteiger charge is 2.35. The molecular formula is C16H14O7. The first-order valence-electron chi connectivity index (χ1n) is 6.85. The van der Waals surface area contributed by atoms with Gasteiger partial charge in [-0.25, -0.2) is 0 Å². The molecule has 0 aromatic heterocycles. The summed E-state index contributed by atoms with van der Waals surface area (Å²) in [5.41, 5.74) is 0.613. The van der Waals surface area contributed by atoms with E-state index in [1.54, 1.807) is 0 Å². The normalized spacial score (nSPS) is 16.5. The standard InChI is InChI=1S/C16H14O7/c17-10-2-1-6(13(20)15(10)22)3-7-4-8-9(12(7)19)5-11(18)16(23)14(8)21/h1-2,5,7,17-18,20-23H,3-4H2. The molecule has 0 amide bonds. The predicted molar refractivity (Wildman–Crippen MR) is 78.1 cm³/mol. The monoisotopic (exact) mass is 318 g/mol. The van der Waals surface area contributed by atoms with Gasteiger partial charge in [0, 0.05) is 17.0 Å². The number of carbonyl (C=O) groups excluding carboxylic acids is 1. The molecule has 2 aromatic carbocycles. The molecule has 0 heterocycles. The molecule has 0 radical (unpaired) electrons. The van der Waals surface area contributed by atoms with Crippen LogP contribution in [0.2, 0.25) is 0 Å². The summed E-state index contributed by atoms with van der Waals surface area (Å²) < 4.78 is 0. The van der Waals surface area contributed by atoms with Gasteiger partial charge in [-0.05, 0) is 30.5 Å². The Balaban J connectivity index is 1.95. The fourth-order valence-corrected chi connectivity index (χ4v) is 2.88. The summed E-state index contributed by atoms with van der Waals surface area (Å²) in [7, 11) is 0. The number of ketones is 1. The maximum Gasteiger partial charge on any atom is 0.200 e. The average Bonchev–Trinajstić information content (AvgIpc) is 2.82. The van der Waals surface area contributed by atoms with Crippen LogP contribution in [0.3, 0.4) is 0 Å². The van der Waals surface area contributed by atoms with E-state index in [9.17, 15) is 35.4 Å². The number of hydrogen-bond acceptors (Lipinski definition) is 7. The first kappa shape index (κ1) is 14.8. The molecule has 2 aromatic rings. The molecule has 0 fully saturated rings. The molecule has 23 heavy (non-hydrogen) atoms. The Morgan fingerprint density at radius 1 is 0.870 bits per heavy atom. The van der Waals surface area contributed by atoms with Gasteiger partial charge in [-0.2, -0.15) is 0 Å². The van der Waals surface area contributed by atoms with Crippen LogP contribution in [0.15, 0.2) is 18.2 Å². The highest BCUT2D eigenvalue weighted by molar-refractivity contribution is 6.04. The first-order chi connectivity index (χ1) is 10.8. The molecule has 7 heteroatoms. The van der Waals surface area contributed by atoms with Crippen molar-refractivity contribution in [1.82, 2.24) is 0 Å². The fourth-order valence-electron chi connectivity index (χ4n) is 2.88. The Hall–Kier alpha value is -3.09. The van der Waals surface area contributed by atoms with Gasteiger partial charge in [-0.1, -0.05) is 6.07 Å². The van der Waals surface area contributed by atoms with E-state index in [4.69, 9.17) is 0 Å². The minimum Gasteiger partial charge on any atom is -0.504 e. The number of rotatable bonds is 2. The Bertz CT molecular complexity index is 826. The SMILES string of the molecule is O=C1c2cc(O)c(O)c(O)c2CC1Cc1ccc(O)c(O)c1O. The lowest BCUT2D eigenvalue weighted by molar-refractivity contribution is 0.0935. The molecule has 1 unspecified atom stereocenters. The summed E-state index contributed by atoms with van der Waals surface area (Å²) >= 11 is 0. The van der Waals surface area contributed by atoms with Gasteiger partial charge >= 0.3 is 0 Å². The quantitative estimate of drug-likeness (QED) is 0.461. The van der Waals surface area contributed by atoms with E-state index in [1.807, 2.05) is 0 Å². The minimum absolute atomic E-state index is 0.0636. The number of phenols is 6. The van der Waals surface area contributed by atoms with Crippen molar-refractivity contribution in [3.8, 4) is 34.5 Å². The van der Waals surface area contributed by atoms with Crippen molar-refractivity contribution in [3.05, 3.63) is 34.9 Å². The summed E-state index contributed by atoms with van der Waals surface area (Å²) in [4.78, 5) is 12.4. The second-order valence-corrected chi connectivity index (χ2v) is 5.53. The third-order valence-electron chi connectivity index (χ3n) is 4.13. The highest BCUT2D eigenvalue weighted by atomic mass is 16.3. The third kappa shape index (κ3) is 2.17. The molecule has 3 rings (SSSR count).